The first-order chi connectivity index (χ1) is 13.0. The zero-order chi connectivity index (χ0) is 19.0. The lowest BCUT2D eigenvalue weighted by Crippen LogP contribution is -2.31. The minimum Gasteiger partial charge on any atom is -0.494 e. The minimum absolute atomic E-state index is 0.166. The fraction of sp³-hybridized carbons (Fsp3) is 0.250. The van der Waals surface area contributed by atoms with Crippen LogP contribution in [0.4, 0.5) is 5.69 Å². The van der Waals surface area contributed by atoms with Crippen molar-refractivity contribution in [3.05, 3.63) is 48.0 Å². The van der Waals surface area contributed by atoms with Crippen LogP contribution in [0.15, 0.2) is 46.8 Å². The van der Waals surface area contributed by atoms with Crippen LogP contribution in [0.5, 0.6) is 5.75 Å². The maximum atomic E-state index is 12.8. The Labute approximate surface area is 165 Å². The van der Waals surface area contributed by atoms with E-state index in [9.17, 15) is 9.59 Å². The van der Waals surface area contributed by atoms with Gasteiger partial charge < -0.3 is 4.74 Å². The van der Waals surface area contributed by atoms with Gasteiger partial charge in [-0.1, -0.05) is 29.5 Å². The van der Waals surface area contributed by atoms with E-state index < -0.39 is 5.25 Å². The summed E-state index contributed by atoms with van der Waals surface area (Å²) in [6.07, 6.45) is 0.192. The summed E-state index contributed by atoms with van der Waals surface area (Å²) >= 11 is 2.88. The van der Waals surface area contributed by atoms with E-state index in [0.29, 0.717) is 12.3 Å². The average molecular weight is 399 g/mol. The lowest BCUT2D eigenvalue weighted by Gasteiger charge is -2.14. The van der Waals surface area contributed by atoms with Gasteiger partial charge >= 0.3 is 0 Å². The number of carbonyl (C=O) groups is 2. The van der Waals surface area contributed by atoms with Gasteiger partial charge in [0.1, 0.15) is 11.0 Å². The first-order valence-corrected chi connectivity index (χ1v) is 10.4. The molecule has 5 nitrogen and oxygen atoms in total. The van der Waals surface area contributed by atoms with Gasteiger partial charge in [0.05, 0.1) is 22.5 Å². The molecule has 0 radical (unpaired) electrons. The largest absolute Gasteiger partial charge is 0.494 e. The van der Waals surface area contributed by atoms with E-state index in [1.54, 1.807) is 0 Å². The third kappa shape index (κ3) is 3.57. The van der Waals surface area contributed by atoms with Crippen LogP contribution in [0, 0.1) is 6.92 Å². The number of aromatic nitrogens is 1. The standard InChI is InChI=1S/C20H18N2O3S2/c1-3-25-14-8-9-15-16(10-14)26-20(21-15)27-17-11-18(23)22(19(17)24)13-6-4-12(2)5-7-13/h4-10,17H,3,11H2,1-2H3/t17-/m1/s1. The molecule has 138 valence electrons. The van der Waals surface area contributed by atoms with Crippen LogP contribution in [0.1, 0.15) is 18.9 Å². The topological polar surface area (TPSA) is 59.5 Å². The number of imide groups is 1. The number of rotatable bonds is 5. The molecule has 1 saturated heterocycles. The molecule has 1 aromatic heterocycles. The van der Waals surface area contributed by atoms with E-state index in [4.69, 9.17) is 4.74 Å². The van der Waals surface area contributed by atoms with Gasteiger partial charge in [-0.3, -0.25) is 9.59 Å². The molecule has 3 aromatic rings. The van der Waals surface area contributed by atoms with E-state index in [1.165, 1.54) is 28.0 Å². The molecule has 7 heteroatoms. The zero-order valence-electron chi connectivity index (χ0n) is 15.0. The number of nitrogens with zero attached hydrogens (tertiary/aromatic N) is 2. The summed E-state index contributed by atoms with van der Waals surface area (Å²) in [7, 11) is 0. The fourth-order valence-electron chi connectivity index (χ4n) is 2.97. The molecule has 2 aromatic carbocycles. The average Bonchev–Trinajstić information content (AvgIpc) is 3.16. The molecule has 1 fully saturated rings. The molecular weight excluding hydrogens is 380 g/mol. The number of thioether (sulfide) groups is 1. The predicted octanol–water partition coefficient (Wildman–Crippen LogP) is 4.43. The van der Waals surface area contributed by atoms with Crippen molar-refractivity contribution >= 4 is 50.8 Å². The Bertz CT molecular complexity index is 1010. The Kier molecular flexibility index (Phi) is 4.88. The van der Waals surface area contributed by atoms with Gasteiger partial charge in [-0.05, 0) is 44.2 Å². The first-order valence-electron chi connectivity index (χ1n) is 8.68. The number of thiazole rings is 1. The van der Waals surface area contributed by atoms with Gasteiger partial charge in [0, 0.05) is 6.42 Å². The van der Waals surface area contributed by atoms with Crippen LogP contribution in [-0.2, 0) is 9.59 Å². The van der Waals surface area contributed by atoms with Crippen molar-refractivity contribution in [1.29, 1.82) is 0 Å². The second-order valence-electron chi connectivity index (χ2n) is 6.26. The molecule has 0 N–H and O–H groups in total. The van der Waals surface area contributed by atoms with Crippen LogP contribution >= 0.6 is 23.1 Å². The Morgan fingerprint density at radius 3 is 2.74 bits per heavy atom. The molecule has 1 atom stereocenters. The Morgan fingerprint density at radius 2 is 2.00 bits per heavy atom. The van der Waals surface area contributed by atoms with Gasteiger partial charge in [-0.15, -0.1) is 11.3 Å². The van der Waals surface area contributed by atoms with Crippen LogP contribution in [0.25, 0.3) is 10.2 Å². The number of ether oxygens (including phenoxy) is 1. The fourth-order valence-corrected chi connectivity index (χ4v) is 5.34. The third-order valence-corrected chi connectivity index (χ3v) is 6.59. The maximum absolute atomic E-state index is 12.8. The second-order valence-corrected chi connectivity index (χ2v) is 8.74. The van der Waals surface area contributed by atoms with Gasteiger partial charge in [-0.25, -0.2) is 9.88 Å². The van der Waals surface area contributed by atoms with Crippen molar-refractivity contribution in [2.75, 3.05) is 11.5 Å². The highest BCUT2D eigenvalue weighted by Crippen LogP contribution is 2.38. The Balaban J connectivity index is 1.54. The molecule has 4 rings (SSSR count). The monoisotopic (exact) mass is 398 g/mol. The van der Waals surface area contributed by atoms with Gasteiger partial charge in [0.25, 0.3) is 0 Å². The minimum atomic E-state index is -0.439. The van der Waals surface area contributed by atoms with Crippen LogP contribution in [-0.4, -0.2) is 28.7 Å². The van der Waals surface area contributed by atoms with E-state index in [2.05, 4.69) is 4.98 Å². The number of anilines is 1. The molecule has 0 aliphatic carbocycles. The molecule has 0 spiro atoms. The van der Waals surface area contributed by atoms with E-state index in [-0.39, 0.29) is 18.2 Å². The van der Waals surface area contributed by atoms with Crippen LogP contribution in [0.2, 0.25) is 0 Å². The summed E-state index contributed by atoms with van der Waals surface area (Å²) in [4.78, 5) is 31.1. The van der Waals surface area contributed by atoms with Crippen molar-refractivity contribution in [1.82, 2.24) is 4.98 Å². The molecule has 0 saturated carbocycles. The summed E-state index contributed by atoms with van der Waals surface area (Å²) in [5.41, 5.74) is 2.59. The van der Waals surface area contributed by atoms with Crippen LogP contribution in [0.3, 0.4) is 0 Å². The SMILES string of the molecule is CCOc1ccc2nc(S[C@@H]3CC(=O)N(c4ccc(C)cc4)C3=O)sc2c1. The normalized spacial score (nSPS) is 17.1. The van der Waals surface area contributed by atoms with Crippen molar-refractivity contribution in [3.8, 4) is 5.75 Å². The number of carbonyl (C=O) groups excluding carboxylic acids is 2. The molecular formula is C20H18N2O3S2. The molecule has 1 aliphatic rings. The lowest BCUT2D eigenvalue weighted by molar-refractivity contribution is -0.121. The van der Waals surface area contributed by atoms with Crippen molar-refractivity contribution in [2.45, 2.75) is 29.9 Å². The molecule has 27 heavy (non-hydrogen) atoms. The van der Waals surface area contributed by atoms with E-state index in [1.807, 2.05) is 56.3 Å². The van der Waals surface area contributed by atoms with Crippen molar-refractivity contribution in [2.24, 2.45) is 0 Å². The number of hydrogen-bond donors (Lipinski definition) is 0. The predicted molar refractivity (Wildman–Crippen MR) is 109 cm³/mol. The Morgan fingerprint density at radius 1 is 1.22 bits per heavy atom. The number of benzene rings is 2. The van der Waals surface area contributed by atoms with Gasteiger partial charge in [0.15, 0.2) is 4.34 Å². The molecule has 2 heterocycles. The van der Waals surface area contributed by atoms with Crippen molar-refractivity contribution < 1.29 is 14.3 Å². The summed E-state index contributed by atoms with van der Waals surface area (Å²) in [6.45, 7) is 4.53. The smallest absolute Gasteiger partial charge is 0.247 e. The summed E-state index contributed by atoms with van der Waals surface area (Å²) in [6, 6.07) is 13.2. The summed E-state index contributed by atoms with van der Waals surface area (Å²) < 4.78 is 7.32. The number of hydrogen-bond acceptors (Lipinski definition) is 6. The third-order valence-electron chi connectivity index (χ3n) is 4.29. The molecule has 0 bridgehead atoms. The quantitative estimate of drug-likeness (QED) is 0.595. The zero-order valence-corrected chi connectivity index (χ0v) is 16.6. The van der Waals surface area contributed by atoms with Crippen LogP contribution < -0.4 is 9.64 Å². The van der Waals surface area contributed by atoms with E-state index in [0.717, 1.165) is 25.9 Å². The lowest BCUT2D eigenvalue weighted by atomic mass is 10.2. The molecule has 1 aliphatic heterocycles. The highest BCUT2D eigenvalue weighted by Gasteiger charge is 2.40. The van der Waals surface area contributed by atoms with Gasteiger partial charge in [0.2, 0.25) is 11.8 Å². The summed E-state index contributed by atoms with van der Waals surface area (Å²) in [5.74, 6) is 0.465. The number of amides is 2. The van der Waals surface area contributed by atoms with E-state index >= 15 is 0 Å². The number of aryl methyl sites for hydroxylation is 1. The van der Waals surface area contributed by atoms with Gasteiger partial charge in [-0.2, -0.15) is 0 Å². The Hall–Kier alpha value is -2.38. The first kappa shape index (κ1) is 18.0. The highest BCUT2D eigenvalue weighted by molar-refractivity contribution is 8.02. The number of fused-ring (bicyclic) bond motifs is 1. The maximum Gasteiger partial charge on any atom is 0.247 e. The molecule has 0 unspecified atom stereocenters. The molecule has 2 amide bonds. The highest BCUT2D eigenvalue weighted by atomic mass is 32.2. The van der Waals surface area contributed by atoms with Crippen molar-refractivity contribution in [3.63, 3.8) is 0 Å². The summed E-state index contributed by atoms with van der Waals surface area (Å²) in [5, 5.41) is -0.439. The second kappa shape index (κ2) is 7.32.